The number of nitrogens with zero attached hydrogens (tertiary/aromatic N) is 2. The Hall–Kier alpha value is -4.87. The van der Waals surface area contributed by atoms with Gasteiger partial charge in [0.2, 0.25) is 0 Å². The molecule has 0 aliphatic carbocycles. The standard InChI is InChI=1S/C44H35BN2OS/c1-43(2,3)24-18-19-31-28(20-24)29-21-25(44(4,5)6)22-30-41(29)46(31)33-23-35-38(26-12-7-9-15-34(26)48-35)39-27-13-11-17-37-42(27)47(45(30)40(33)39)32-14-8-10-16-36(32)49-37/h7-23H,1-6H3. The molecule has 5 heteroatoms. The van der Waals surface area contributed by atoms with Crippen molar-refractivity contribution in [3.63, 3.8) is 0 Å². The van der Waals surface area contributed by atoms with Crippen molar-refractivity contribution in [2.45, 2.75) is 62.2 Å². The highest BCUT2D eigenvalue weighted by atomic mass is 32.2. The Labute approximate surface area is 290 Å². The maximum Gasteiger partial charge on any atom is 0.333 e. The molecule has 11 rings (SSSR count). The Bertz CT molecular complexity index is 2790. The van der Waals surface area contributed by atoms with Crippen molar-refractivity contribution in [2.24, 2.45) is 0 Å². The largest absolute Gasteiger partial charge is 0.456 e. The SMILES string of the molecule is CC(C)(C)c1ccc2c(c1)c1cc(C(C)(C)C)cc3c1n2-c1cc2oc4ccccc4c2c2c1B3N1c3ccccc3Sc3cccc-2c31. The second kappa shape index (κ2) is 9.02. The molecule has 0 N–H and O–H groups in total. The first-order valence-electron chi connectivity index (χ1n) is 17.4. The van der Waals surface area contributed by atoms with E-state index in [1.807, 2.05) is 11.8 Å². The second-order valence-corrected chi connectivity index (χ2v) is 17.3. The quantitative estimate of drug-likeness (QED) is 0.152. The summed E-state index contributed by atoms with van der Waals surface area (Å²) >= 11 is 1.89. The summed E-state index contributed by atoms with van der Waals surface area (Å²) in [6.45, 7) is 14.0. The molecular weight excluding hydrogens is 615 g/mol. The number of furan rings is 1. The molecule has 0 radical (unpaired) electrons. The minimum Gasteiger partial charge on any atom is -0.456 e. The first-order valence-corrected chi connectivity index (χ1v) is 18.2. The number of fused-ring (bicyclic) bond motifs is 13. The fourth-order valence-electron chi connectivity index (χ4n) is 8.90. The van der Waals surface area contributed by atoms with Crippen LogP contribution < -0.4 is 15.7 Å². The highest BCUT2D eigenvalue weighted by Gasteiger charge is 2.48. The van der Waals surface area contributed by atoms with Crippen LogP contribution in [0.2, 0.25) is 0 Å². The summed E-state index contributed by atoms with van der Waals surface area (Å²) in [5.74, 6) is 0. The van der Waals surface area contributed by atoms with Crippen LogP contribution in [0.3, 0.4) is 0 Å². The highest BCUT2D eigenvalue weighted by molar-refractivity contribution is 7.99. The Kier molecular flexibility index (Phi) is 5.16. The van der Waals surface area contributed by atoms with Crippen LogP contribution in [0.5, 0.6) is 0 Å². The number of hydrogen-bond acceptors (Lipinski definition) is 3. The summed E-state index contributed by atoms with van der Waals surface area (Å²) in [5.41, 5.74) is 16.3. The Morgan fingerprint density at radius 1 is 0.633 bits per heavy atom. The molecule has 0 spiro atoms. The van der Waals surface area contributed by atoms with Gasteiger partial charge < -0.3 is 13.8 Å². The Morgan fingerprint density at radius 3 is 2.22 bits per heavy atom. The van der Waals surface area contributed by atoms with Crippen LogP contribution >= 0.6 is 11.8 Å². The van der Waals surface area contributed by atoms with Gasteiger partial charge in [-0.15, -0.1) is 0 Å². The Morgan fingerprint density at radius 2 is 1.39 bits per heavy atom. The van der Waals surface area contributed by atoms with Crippen molar-refractivity contribution in [3.05, 3.63) is 114 Å². The van der Waals surface area contributed by atoms with Crippen molar-refractivity contribution < 1.29 is 4.42 Å². The van der Waals surface area contributed by atoms with Crippen LogP contribution in [0.25, 0.3) is 60.6 Å². The minimum atomic E-state index is -0.0258. The molecule has 0 saturated heterocycles. The normalized spacial score (nSPS) is 14.6. The van der Waals surface area contributed by atoms with E-state index in [0.29, 0.717) is 0 Å². The van der Waals surface area contributed by atoms with Crippen molar-refractivity contribution in [1.29, 1.82) is 0 Å². The van der Waals surface area contributed by atoms with E-state index < -0.39 is 0 Å². The van der Waals surface area contributed by atoms with E-state index >= 15 is 0 Å². The molecule has 0 bridgehead atoms. The first kappa shape index (κ1) is 28.0. The summed E-state index contributed by atoms with van der Waals surface area (Å²) < 4.78 is 9.33. The fraction of sp³-hybridized carbons (Fsp3) is 0.182. The number of anilines is 2. The third kappa shape index (κ3) is 3.51. The lowest BCUT2D eigenvalue weighted by Crippen LogP contribution is -2.61. The number of rotatable bonds is 0. The van der Waals surface area contributed by atoms with Gasteiger partial charge in [-0.1, -0.05) is 108 Å². The molecule has 49 heavy (non-hydrogen) atoms. The molecule has 2 aromatic heterocycles. The maximum atomic E-state index is 6.76. The molecule has 3 aliphatic heterocycles. The monoisotopic (exact) mass is 650 g/mol. The average molecular weight is 651 g/mol. The third-order valence-corrected chi connectivity index (χ3v) is 12.3. The average Bonchev–Trinajstić information content (AvgIpc) is 3.62. The van der Waals surface area contributed by atoms with Gasteiger partial charge in [-0.3, -0.25) is 0 Å². The zero-order valence-corrected chi connectivity index (χ0v) is 29.4. The predicted octanol–water partition coefficient (Wildman–Crippen LogP) is 11.0. The van der Waals surface area contributed by atoms with Crippen molar-refractivity contribution in [2.75, 3.05) is 4.81 Å². The molecule has 236 valence electrons. The molecule has 3 aliphatic rings. The topological polar surface area (TPSA) is 21.3 Å². The van der Waals surface area contributed by atoms with E-state index in [1.54, 1.807) is 0 Å². The van der Waals surface area contributed by atoms with Gasteiger partial charge in [-0.2, -0.15) is 0 Å². The summed E-state index contributed by atoms with van der Waals surface area (Å²) in [6.07, 6.45) is 0. The van der Waals surface area contributed by atoms with E-state index in [-0.39, 0.29) is 17.7 Å². The van der Waals surface area contributed by atoms with Gasteiger partial charge in [0, 0.05) is 54.3 Å². The zero-order valence-electron chi connectivity index (χ0n) is 28.6. The number of hydrogen-bond donors (Lipinski definition) is 0. The second-order valence-electron chi connectivity index (χ2n) is 16.2. The smallest absolute Gasteiger partial charge is 0.333 e. The summed E-state index contributed by atoms with van der Waals surface area (Å²) in [4.78, 5) is 5.29. The van der Waals surface area contributed by atoms with Crippen molar-refractivity contribution in [3.8, 4) is 16.8 Å². The fourth-order valence-corrected chi connectivity index (χ4v) is 10.0. The maximum absolute atomic E-state index is 6.76. The summed E-state index contributed by atoms with van der Waals surface area (Å²) in [7, 11) is 0. The van der Waals surface area contributed by atoms with Gasteiger partial charge in [0.1, 0.15) is 11.2 Å². The molecule has 0 unspecified atom stereocenters. The van der Waals surface area contributed by atoms with Gasteiger partial charge in [-0.05, 0) is 80.9 Å². The zero-order chi connectivity index (χ0) is 33.1. The Balaban J connectivity index is 1.40. The summed E-state index contributed by atoms with van der Waals surface area (Å²) in [6, 6.07) is 39.0. The molecule has 6 aromatic carbocycles. The van der Waals surface area contributed by atoms with Gasteiger partial charge in [0.15, 0.2) is 0 Å². The molecule has 3 nitrogen and oxygen atoms in total. The van der Waals surface area contributed by atoms with E-state index in [2.05, 4.69) is 154 Å². The molecule has 0 amide bonds. The van der Waals surface area contributed by atoms with Crippen LogP contribution in [-0.4, -0.2) is 11.4 Å². The van der Waals surface area contributed by atoms with E-state index in [4.69, 9.17) is 4.42 Å². The number of aromatic nitrogens is 1. The van der Waals surface area contributed by atoms with Crippen LogP contribution in [0, 0.1) is 0 Å². The molecule has 0 saturated carbocycles. The van der Waals surface area contributed by atoms with Gasteiger partial charge in [0.05, 0.1) is 16.7 Å². The molecular formula is C44H35BN2OS. The summed E-state index contributed by atoms with van der Waals surface area (Å²) in [5, 5.41) is 5.05. The van der Waals surface area contributed by atoms with E-state index in [1.165, 1.54) is 92.6 Å². The minimum absolute atomic E-state index is 0.0116. The van der Waals surface area contributed by atoms with Crippen LogP contribution in [-0.2, 0) is 10.8 Å². The van der Waals surface area contributed by atoms with Gasteiger partial charge in [-0.25, -0.2) is 0 Å². The predicted molar refractivity (Wildman–Crippen MR) is 209 cm³/mol. The molecule has 0 atom stereocenters. The van der Waals surface area contributed by atoms with Crippen molar-refractivity contribution >= 4 is 84.7 Å². The lowest BCUT2D eigenvalue weighted by molar-refractivity contribution is 0.590. The first-order chi connectivity index (χ1) is 23.6. The third-order valence-electron chi connectivity index (χ3n) is 11.2. The lowest BCUT2D eigenvalue weighted by atomic mass is 9.43. The molecule has 0 fully saturated rings. The van der Waals surface area contributed by atoms with Crippen LogP contribution in [0.1, 0.15) is 52.7 Å². The van der Waals surface area contributed by atoms with E-state index in [0.717, 1.165) is 11.2 Å². The number of para-hydroxylation sites is 3. The molecule has 8 aromatic rings. The van der Waals surface area contributed by atoms with Gasteiger partial charge >= 0.3 is 6.85 Å². The molecule has 5 heterocycles. The number of benzene rings is 6. The van der Waals surface area contributed by atoms with Gasteiger partial charge in [0.25, 0.3) is 0 Å². The van der Waals surface area contributed by atoms with E-state index in [9.17, 15) is 0 Å². The van der Waals surface area contributed by atoms with Crippen molar-refractivity contribution in [1.82, 2.24) is 4.57 Å². The lowest BCUT2D eigenvalue weighted by Gasteiger charge is -2.45. The van der Waals surface area contributed by atoms with Crippen LogP contribution in [0.4, 0.5) is 11.4 Å². The highest BCUT2D eigenvalue weighted by Crippen LogP contribution is 2.56. The van der Waals surface area contributed by atoms with Crippen LogP contribution in [0.15, 0.2) is 117 Å².